The van der Waals surface area contributed by atoms with Gasteiger partial charge in [-0.25, -0.2) is 15.0 Å². The molecular weight excluding hydrogens is 467 g/mol. The number of carbonyl (C=O) groups excluding carboxylic acids is 1. The smallest absolute Gasteiger partial charge is 0.368 e. The van der Waals surface area contributed by atoms with Crippen molar-refractivity contribution in [2.75, 3.05) is 18.4 Å². The van der Waals surface area contributed by atoms with Crippen LogP contribution >= 0.6 is 11.6 Å². The molecule has 0 bridgehead atoms. The van der Waals surface area contributed by atoms with E-state index in [4.69, 9.17) is 11.6 Å². The van der Waals surface area contributed by atoms with Crippen LogP contribution in [0.3, 0.4) is 0 Å². The Balaban J connectivity index is 1.56. The Hall–Kier alpha value is -3.20. The molecule has 1 amide bonds. The molecule has 2 aromatic heterocycles. The van der Waals surface area contributed by atoms with Gasteiger partial charge in [-0.2, -0.15) is 13.2 Å². The Morgan fingerprint density at radius 2 is 1.94 bits per heavy atom. The SMILES string of the molecule is CC1CCCN(C(=O)c2ccc(Cl)cc2-c2ncccn2)C1CNc1ccc(C(F)(F)F)cn1. The fourth-order valence-electron chi connectivity index (χ4n) is 4.17. The number of anilines is 1. The number of piperidine rings is 1. The van der Waals surface area contributed by atoms with Gasteiger partial charge in [-0.05, 0) is 55.2 Å². The number of carbonyl (C=O) groups is 1. The summed E-state index contributed by atoms with van der Waals surface area (Å²) in [5.41, 5.74) is 0.189. The lowest BCUT2D eigenvalue weighted by Crippen LogP contribution is -2.51. The van der Waals surface area contributed by atoms with Gasteiger partial charge in [0.05, 0.1) is 17.2 Å². The number of hydrogen-bond donors (Lipinski definition) is 1. The quantitative estimate of drug-likeness (QED) is 0.508. The zero-order chi connectivity index (χ0) is 24.3. The highest BCUT2D eigenvalue weighted by Gasteiger charge is 2.34. The molecule has 3 aromatic rings. The van der Waals surface area contributed by atoms with Gasteiger partial charge in [0.1, 0.15) is 5.82 Å². The van der Waals surface area contributed by atoms with Gasteiger partial charge < -0.3 is 10.2 Å². The molecule has 1 aromatic carbocycles. The van der Waals surface area contributed by atoms with E-state index in [1.54, 1.807) is 41.6 Å². The first-order valence-corrected chi connectivity index (χ1v) is 11.3. The maximum Gasteiger partial charge on any atom is 0.417 e. The molecule has 0 saturated carbocycles. The first kappa shape index (κ1) is 23.9. The number of halogens is 4. The topological polar surface area (TPSA) is 71.0 Å². The maximum absolute atomic E-state index is 13.7. The number of aromatic nitrogens is 3. The Morgan fingerprint density at radius 3 is 2.62 bits per heavy atom. The number of likely N-dealkylation sites (tertiary alicyclic amines) is 1. The van der Waals surface area contributed by atoms with E-state index in [1.807, 2.05) is 0 Å². The second kappa shape index (κ2) is 9.97. The molecule has 0 spiro atoms. The van der Waals surface area contributed by atoms with Crippen LogP contribution in [0.15, 0.2) is 55.0 Å². The van der Waals surface area contributed by atoms with E-state index in [2.05, 4.69) is 27.2 Å². The summed E-state index contributed by atoms with van der Waals surface area (Å²) in [6, 6.07) is 8.82. The molecule has 1 aliphatic rings. The van der Waals surface area contributed by atoms with E-state index < -0.39 is 11.7 Å². The van der Waals surface area contributed by atoms with Crippen molar-refractivity contribution in [2.45, 2.75) is 32.0 Å². The molecule has 1 saturated heterocycles. The van der Waals surface area contributed by atoms with Crippen molar-refractivity contribution in [1.29, 1.82) is 0 Å². The monoisotopic (exact) mass is 489 g/mol. The number of nitrogens with one attached hydrogen (secondary N) is 1. The summed E-state index contributed by atoms with van der Waals surface area (Å²) in [4.78, 5) is 27.9. The van der Waals surface area contributed by atoms with Gasteiger partial charge in [-0.1, -0.05) is 18.5 Å². The molecule has 2 atom stereocenters. The van der Waals surface area contributed by atoms with Gasteiger partial charge in [0, 0.05) is 42.3 Å². The van der Waals surface area contributed by atoms with Crippen LogP contribution in [-0.4, -0.2) is 44.9 Å². The van der Waals surface area contributed by atoms with E-state index in [0.717, 1.165) is 25.1 Å². The molecule has 1 aliphatic heterocycles. The molecule has 0 radical (unpaired) electrons. The molecule has 2 unspecified atom stereocenters. The van der Waals surface area contributed by atoms with E-state index in [1.165, 1.54) is 6.07 Å². The van der Waals surface area contributed by atoms with Crippen molar-refractivity contribution in [1.82, 2.24) is 19.9 Å². The van der Waals surface area contributed by atoms with Crippen molar-refractivity contribution < 1.29 is 18.0 Å². The molecule has 1 N–H and O–H groups in total. The lowest BCUT2D eigenvalue weighted by atomic mass is 9.89. The van der Waals surface area contributed by atoms with E-state index in [9.17, 15) is 18.0 Å². The van der Waals surface area contributed by atoms with Gasteiger partial charge in [0.2, 0.25) is 0 Å². The largest absolute Gasteiger partial charge is 0.417 e. The first-order chi connectivity index (χ1) is 16.2. The number of hydrogen-bond acceptors (Lipinski definition) is 5. The molecule has 3 heterocycles. The molecule has 178 valence electrons. The minimum Gasteiger partial charge on any atom is -0.368 e. The average molecular weight is 490 g/mol. The number of amides is 1. The maximum atomic E-state index is 13.7. The van der Waals surface area contributed by atoms with Crippen LogP contribution in [0, 0.1) is 5.92 Å². The summed E-state index contributed by atoms with van der Waals surface area (Å²) in [6.07, 6.45) is 1.35. The third kappa shape index (κ3) is 5.30. The molecule has 0 aliphatic carbocycles. The van der Waals surface area contributed by atoms with Crippen molar-refractivity contribution in [2.24, 2.45) is 5.92 Å². The summed E-state index contributed by atoms with van der Waals surface area (Å²) in [5, 5.41) is 3.57. The van der Waals surface area contributed by atoms with Gasteiger partial charge in [-0.15, -0.1) is 0 Å². The van der Waals surface area contributed by atoms with Gasteiger partial charge in [0.25, 0.3) is 5.91 Å². The summed E-state index contributed by atoms with van der Waals surface area (Å²) in [5.74, 6) is 0.742. The summed E-state index contributed by atoms with van der Waals surface area (Å²) >= 11 is 6.20. The predicted octanol–water partition coefficient (Wildman–Crippen LogP) is 5.56. The van der Waals surface area contributed by atoms with Crippen LogP contribution < -0.4 is 5.32 Å². The van der Waals surface area contributed by atoms with Crippen LogP contribution in [0.2, 0.25) is 5.02 Å². The van der Waals surface area contributed by atoms with Crippen LogP contribution in [0.5, 0.6) is 0 Å². The van der Waals surface area contributed by atoms with Crippen molar-refractivity contribution >= 4 is 23.3 Å². The highest BCUT2D eigenvalue weighted by molar-refractivity contribution is 6.31. The lowest BCUT2D eigenvalue weighted by molar-refractivity contribution is -0.137. The zero-order valence-electron chi connectivity index (χ0n) is 18.4. The number of benzene rings is 1. The minimum absolute atomic E-state index is 0.169. The van der Waals surface area contributed by atoms with Crippen LogP contribution in [0.4, 0.5) is 19.0 Å². The predicted molar refractivity (Wildman–Crippen MR) is 123 cm³/mol. The number of alkyl halides is 3. The number of nitrogens with zero attached hydrogens (tertiary/aromatic N) is 4. The van der Waals surface area contributed by atoms with Gasteiger partial charge in [0.15, 0.2) is 5.82 Å². The molecule has 6 nitrogen and oxygen atoms in total. The lowest BCUT2D eigenvalue weighted by Gasteiger charge is -2.40. The Morgan fingerprint density at radius 1 is 1.18 bits per heavy atom. The van der Waals surface area contributed by atoms with Gasteiger partial charge in [-0.3, -0.25) is 4.79 Å². The third-order valence-electron chi connectivity index (χ3n) is 5.98. The zero-order valence-corrected chi connectivity index (χ0v) is 19.1. The number of pyridine rings is 1. The fourth-order valence-corrected chi connectivity index (χ4v) is 4.34. The summed E-state index contributed by atoms with van der Waals surface area (Å²) < 4.78 is 38.4. The number of rotatable bonds is 5. The van der Waals surface area contributed by atoms with Crippen molar-refractivity contribution in [3.8, 4) is 11.4 Å². The summed E-state index contributed by atoms with van der Waals surface area (Å²) in [6.45, 7) is 2.98. The van der Waals surface area contributed by atoms with Crippen LogP contribution in [0.25, 0.3) is 11.4 Å². The molecule has 4 rings (SSSR count). The second-order valence-electron chi connectivity index (χ2n) is 8.26. The highest BCUT2D eigenvalue weighted by Crippen LogP contribution is 2.31. The Bertz CT molecular complexity index is 1140. The van der Waals surface area contributed by atoms with E-state index in [0.29, 0.717) is 40.9 Å². The molecular formula is C24H23ClF3N5O. The van der Waals surface area contributed by atoms with Gasteiger partial charge >= 0.3 is 6.18 Å². The molecule has 1 fully saturated rings. The van der Waals surface area contributed by atoms with Crippen molar-refractivity contribution in [3.63, 3.8) is 0 Å². The summed E-state index contributed by atoms with van der Waals surface area (Å²) in [7, 11) is 0. The minimum atomic E-state index is -4.44. The molecule has 10 heteroatoms. The van der Waals surface area contributed by atoms with Crippen molar-refractivity contribution in [3.05, 3.63) is 71.1 Å². The van der Waals surface area contributed by atoms with E-state index in [-0.39, 0.29) is 17.9 Å². The standard InChI is InChI=1S/C24H23ClF3N5O/c1-15-4-2-11-33(20(15)14-32-21-8-5-16(13-31-21)24(26,27)28)23(34)18-7-6-17(25)12-19(18)22-29-9-3-10-30-22/h3,5-10,12-13,15,20H,2,4,11,14H2,1H3,(H,31,32). The first-order valence-electron chi connectivity index (χ1n) is 10.9. The fraction of sp³-hybridized carbons (Fsp3) is 0.333. The Kier molecular flexibility index (Phi) is 7.02. The second-order valence-corrected chi connectivity index (χ2v) is 8.69. The average Bonchev–Trinajstić information content (AvgIpc) is 2.83. The van der Waals surface area contributed by atoms with Crippen LogP contribution in [0.1, 0.15) is 35.7 Å². The van der Waals surface area contributed by atoms with Crippen LogP contribution in [-0.2, 0) is 6.18 Å². The molecule has 34 heavy (non-hydrogen) atoms. The highest BCUT2D eigenvalue weighted by atomic mass is 35.5. The normalized spacial score (nSPS) is 18.6. The Labute approximate surface area is 200 Å². The van der Waals surface area contributed by atoms with E-state index >= 15 is 0 Å². The third-order valence-corrected chi connectivity index (χ3v) is 6.21.